The maximum Gasteiger partial charge on any atom is 0.248 e. The van der Waals surface area contributed by atoms with Gasteiger partial charge in [0.1, 0.15) is 5.82 Å². The highest BCUT2D eigenvalue weighted by molar-refractivity contribution is 8.00. The van der Waals surface area contributed by atoms with E-state index < -0.39 is 0 Å². The Morgan fingerprint density at radius 2 is 2.10 bits per heavy atom. The number of halogens is 1. The lowest BCUT2D eigenvalue weighted by Crippen LogP contribution is -2.47. The van der Waals surface area contributed by atoms with Gasteiger partial charge in [-0.15, -0.1) is 11.8 Å². The van der Waals surface area contributed by atoms with E-state index in [0.717, 1.165) is 17.3 Å². The maximum absolute atomic E-state index is 13.3. The van der Waals surface area contributed by atoms with E-state index >= 15 is 0 Å². The van der Waals surface area contributed by atoms with Crippen molar-refractivity contribution < 1.29 is 9.18 Å². The van der Waals surface area contributed by atoms with Gasteiger partial charge in [0.25, 0.3) is 0 Å². The van der Waals surface area contributed by atoms with E-state index in [9.17, 15) is 9.18 Å². The number of hydrazine groups is 1. The molecule has 1 amide bonds. The van der Waals surface area contributed by atoms with Crippen molar-refractivity contribution in [3.8, 4) is 0 Å². The van der Waals surface area contributed by atoms with Gasteiger partial charge in [-0.25, -0.2) is 4.39 Å². The molecule has 0 radical (unpaired) electrons. The normalized spacial score (nSPS) is 9.70. The predicted molar refractivity (Wildman–Crippen MR) is 83.8 cm³/mol. The number of thiocarbonyl (C=S) groups is 1. The molecule has 0 saturated heterocycles. The number of amides is 1. The number of hydrogen-bond donors (Lipinski definition) is 3. The molecule has 20 heavy (non-hydrogen) atoms. The highest BCUT2D eigenvalue weighted by atomic mass is 32.2. The number of rotatable bonds is 5. The van der Waals surface area contributed by atoms with Crippen molar-refractivity contribution in [1.29, 1.82) is 0 Å². The molecule has 1 aromatic rings. The molecule has 1 aromatic carbocycles. The smallest absolute Gasteiger partial charge is 0.248 e. The molecule has 0 bridgehead atoms. The van der Waals surface area contributed by atoms with Crippen LogP contribution in [0.3, 0.4) is 0 Å². The number of carbonyl (C=O) groups is 1. The lowest BCUT2D eigenvalue weighted by atomic mass is 10.3. The minimum absolute atomic E-state index is 0.0943. The SMILES string of the molecule is C=C(C)CNC(=S)NNC(=O)CSc1ccccc1F. The molecule has 3 N–H and O–H groups in total. The van der Waals surface area contributed by atoms with Crippen molar-refractivity contribution in [2.24, 2.45) is 0 Å². The van der Waals surface area contributed by atoms with E-state index in [1.54, 1.807) is 18.2 Å². The van der Waals surface area contributed by atoms with Crippen LogP contribution in [0.2, 0.25) is 0 Å². The molecular weight excluding hydrogens is 297 g/mol. The zero-order valence-electron chi connectivity index (χ0n) is 11.0. The summed E-state index contributed by atoms with van der Waals surface area (Å²) in [5.74, 6) is -0.536. The van der Waals surface area contributed by atoms with Crippen LogP contribution >= 0.6 is 24.0 Å². The van der Waals surface area contributed by atoms with E-state index in [1.165, 1.54) is 6.07 Å². The fraction of sp³-hybridized carbons (Fsp3) is 0.231. The van der Waals surface area contributed by atoms with Crippen LogP contribution in [0.5, 0.6) is 0 Å². The molecule has 0 aliphatic heterocycles. The molecule has 0 aliphatic rings. The minimum Gasteiger partial charge on any atom is -0.358 e. The van der Waals surface area contributed by atoms with Gasteiger partial charge in [0, 0.05) is 11.4 Å². The van der Waals surface area contributed by atoms with E-state index in [2.05, 4.69) is 22.7 Å². The molecule has 1 rings (SSSR count). The summed E-state index contributed by atoms with van der Waals surface area (Å²) in [6.07, 6.45) is 0. The first-order chi connectivity index (χ1) is 9.49. The second-order valence-electron chi connectivity index (χ2n) is 4.03. The Labute approximate surface area is 127 Å². The van der Waals surface area contributed by atoms with Gasteiger partial charge in [0.2, 0.25) is 5.91 Å². The summed E-state index contributed by atoms with van der Waals surface area (Å²) in [4.78, 5) is 12.0. The van der Waals surface area contributed by atoms with Crippen LogP contribution in [0, 0.1) is 5.82 Å². The summed E-state index contributed by atoms with van der Waals surface area (Å²) < 4.78 is 13.3. The first kappa shape index (κ1) is 16.5. The van der Waals surface area contributed by atoms with Gasteiger partial charge in [0.15, 0.2) is 5.11 Å². The van der Waals surface area contributed by atoms with E-state index in [4.69, 9.17) is 12.2 Å². The predicted octanol–water partition coefficient (Wildman–Crippen LogP) is 1.99. The van der Waals surface area contributed by atoms with Crippen molar-refractivity contribution in [3.63, 3.8) is 0 Å². The Balaban J connectivity index is 2.25. The third-order valence-corrected chi connectivity index (χ3v) is 3.36. The van der Waals surface area contributed by atoms with Crippen LogP contribution in [-0.4, -0.2) is 23.3 Å². The standard InChI is InChI=1S/C13H16FN3OS2/c1-9(2)7-15-13(19)17-16-12(18)8-20-11-6-4-3-5-10(11)14/h3-6H,1,7-8H2,2H3,(H,16,18)(H2,15,17,19). The number of carbonyl (C=O) groups excluding carboxylic acids is 1. The average Bonchev–Trinajstić information content (AvgIpc) is 2.42. The molecule has 0 aromatic heterocycles. The number of hydrogen-bond acceptors (Lipinski definition) is 3. The van der Waals surface area contributed by atoms with Gasteiger partial charge in [-0.05, 0) is 31.3 Å². The van der Waals surface area contributed by atoms with Crippen molar-refractivity contribution in [2.75, 3.05) is 12.3 Å². The molecule has 0 atom stereocenters. The van der Waals surface area contributed by atoms with Gasteiger partial charge >= 0.3 is 0 Å². The Morgan fingerprint density at radius 3 is 2.75 bits per heavy atom. The summed E-state index contributed by atoms with van der Waals surface area (Å²) in [7, 11) is 0. The molecule has 0 unspecified atom stereocenters. The Morgan fingerprint density at radius 1 is 1.40 bits per heavy atom. The average molecular weight is 313 g/mol. The summed E-state index contributed by atoms with van der Waals surface area (Å²) in [6, 6.07) is 6.31. The fourth-order valence-corrected chi connectivity index (χ4v) is 2.01. The lowest BCUT2D eigenvalue weighted by molar-refractivity contribution is -0.119. The molecular formula is C13H16FN3OS2. The molecule has 0 heterocycles. The van der Waals surface area contributed by atoms with Gasteiger partial charge in [-0.1, -0.05) is 24.3 Å². The molecule has 0 fully saturated rings. The van der Waals surface area contributed by atoms with E-state index in [0.29, 0.717) is 16.6 Å². The summed E-state index contributed by atoms with van der Waals surface area (Å²) in [5.41, 5.74) is 5.92. The monoisotopic (exact) mass is 313 g/mol. The number of nitrogens with one attached hydrogen (secondary N) is 3. The molecule has 0 aliphatic carbocycles. The van der Waals surface area contributed by atoms with E-state index in [1.807, 2.05) is 6.92 Å². The highest BCUT2D eigenvalue weighted by Gasteiger charge is 2.06. The third-order valence-electron chi connectivity index (χ3n) is 2.06. The third kappa shape index (κ3) is 6.53. The second-order valence-corrected chi connectivity index (χ2v) is 5.46. The van der Waals surface area contributed by atoms with Crippen molar-refractivity contribution in [3.05, 3.63) is 42.2 Å². The number of benzene rings is 1. The molecule has 0 spiro atoms. The Bertz CT molecular complexity index is 508. The summed E-state index contributed by atoms with van der Waals surface area (Å²) in [6.45, 7) is 6.11. The molecule has 108 valence electrons. The molecule has 4 nitrogen and oxygen atoms in total. The van der Waals surface area contributed by atoms with Crippen LogP contribution in [0.15, 0.2) is 41.3 Å². The Kier molecular flexibility index (Phi) is 7.03. The van der Waals surface area contributed by atoms with Crippen LogP contribution in [0.4, 0.5) is 4.39 Å². The summed E-state index contributed by atoms with van der Waals surface area (Å²) in [5, 5.41) is 3.16. The van der Waals surface area contributed by atoms with Gasteiger partial charge in [0.05, 0.1) is 5.75 Å². The fourth-order valence-electron chi connectivity index (χ4n) is 1.14. The van der Waals surface area contributed by atoms with E-state index in [-0.39, 0.29) is 17.5 Å². The first-order valence-electron chi connectivity index (χ1n) is 5.83. The zero-order chi connectivity index (χ0) is 15.0. The van der Waals surface area contributed by atoms with Crippen molar-refractivity contribution in [1.82, 2.24) is 16.2 Å². The van der Waals surface area contributed by atoms with Gasteiger partial charge in [-0.3, -0.25) is 15.6 Å². The maximum atomic E-state index is 13.3. The summed E-state index contributed by atoms with van der Waals surface area (Å²) >= 11 is 6.06. The number of thioether (sulfide) groups is 1. The molecule has 0 saturated carbocycles. The van der Waals surface area contributed by atoms with Crippen molar-refractivity contribution in [2.45, 2.75) is 11.8 Å². The van der Waals surface area contributed by atoms with Gasteiger partial charge < -0.3 is 5.32 Å². The largest absolute Gasteiger partial charge is 0.358 e. The molecule has 7 heteroatoms. The zero-order valence-corrected chi connectivity index (χ0v) is 12.7. The van der Waals surface area contributed by atoms with Crippen LogP contribution in [-0.2, 0) is 4.79 Å². The Hall–Kier alpha value is -1.60. The highest BCUT2D eigenvalue weighted by Crippen LogP contribution is 2.20. The lowest BCUT2D eigenvalue weighted by Gasteiger charge is -2.11. The van der Waals surface area contributed by atoms with Gasteiger partial charge in [-0.2, -0.15) is 0 Å². The topological polar surface area (TPSA) is 53.2 Å². The van der Waals surface area contributed by atoms with Crippen LogP contribution in [0.25, 0.3) is 0 Å². The quantitative estimate of drug-likeness (QED) is 0.336. The van der Waals surface area contributed by atoms with Crippen LogP contribution in [0.1, 0.15) is 6.92 Å². The van der Waals surface area contributed by atoms with Crippen molar-refractivity contribution >= 4 is 35.0 Å². The van der Waals surface area contributed by atoms with Crippen LogP contribution < -0.4 is 16.2 Å². The first-order valence-corrected chi connectivity index (χ1v) is 7.23. The second kappa shape index (κ2) is 8.55. The minimum atomic E-state index is -0.336.